The first-order valence-corrected chi connectivity index (χ1v) is 7.02. The van der Waals surface area contributed by atoms with Crippen molar-refractivity contribution in [3.8, 4) is 0 Å². The molecule has 2 N–H and O–H groups in total. The second-order valence-corrected chi connectivity index (χ2v) is 6.42. The molecule has 0 saturated carbocycles. The van der Waals surface area contributed by atoms with Gasteiger partial charge in [0.05, 0.1) is 0 Å². The van der Waals surface area contributed by atoms with Gasteiger partial charge in [0, 0.05) is 18.7 Å². The van der Waals surface area contributed by atoms with Crippen molar-refractivity contribution in [2.45, 2.75) is 40.2 Å². The molecule has 1 aromatic carbocycles. The smallest absolute Gasteiger partial charge is 0.242 e. The van der Waals surface area contributed by atoms with Crippen LogP contribution < -0.4 is 10.6 Å². The minimum atomic E-state index is -0.125. The molecule has 0 aromatic heterocycles. The van der Waals surface area contributed by atoms with Crippen LogP contribution in [0.1, 0.15) is 33.3 Å². The first kappa shape index (κ1) is 13.9. The summed E-state index contributed by atoms with van der Waals surface area (Å²) >= 11 is 0. The lowest BCUT2D eigenvalue weighted by atomic mass is 9.81. The van der Waals surface area contributed by atoms with Gasteiger partial charge in [-0.05, 0) is 23.0 Å². The number of nitrogens with one attached hydrogen (secondary N) is 2. The van der Waals surface area contributed by atoms with E-state index in [-0.39, 0.29) is 17.4 Å². The summed E-state index contributed by atoms with van der Waals surface area (Å²) in [7, 11) is 0. The van der Waals surface area contributed by atoms with Crippen molar-refractivity contribution in [1.82, 2.24) is 5.32 Å². The normalized spacial score (nSPS) is 18.1. The molecule has 2 rings (SSSR count). The summed E-state index contributed by atoms with van der Waals surface area (Å²) in [5, 5.41) is 6.37. The Labute approximate surface area is 115 Å². The van der Waals surface area contributed by atoms with Gasteiger partial charge in [-0.25, -0.2) is 0 Å². The fourth-order valence-electron chi connectivity index (χ4n) is 2.10. The highest BCUT2D eigenvalue weighted by Gasteiger charge is 2.28. The lowest BCUT2D eigenvalue weighted by molar-refractivity contribution is -0.122. The third-order valence-corrected chi connectivity index (χ3v) is 4.37. The van der Waals surface area contributed by atoms with E-state index < -0.39 is 0 Å². The summed E-state index contributed by atoms with van der Waals surface area (Å²) in [5.74, 6) is 0.645. The average Bonchev–Trinajstić information content (AvgIpc) is 2.79. The fourth-order valence-corrected chi connectivity index (χ4v) is 2.10. The van der Waals surface area contributed by atoms with Crippen molar-refractivity contribution in [3.05, 3.63) is 29.8 Å². The maximum absolute atomic E-state index is 12.2. The van der Waals surface area contributed by atoms with E-state index in [1.54, 1.807) is 0 Å². The van der Waals surface area contributed by atoms with Crippen LogP contribution in [0.2, 0.25) is 0 Å². The number of anilines is 1. The third-order valence-electron chi connectivity index (χ3n) is 4.37. The monoisotopic (exact) mass is 260 g/mol. The summed E-state index contributed by atoms with van der Waals surface area (Å²) in [6, 6.07) is 7.99. The Bertz CT molecular complexity index is 441. The maximum atomic E-state index is 12.2. The van der Waals surface area contributed by atoms with Crippen molar-refractivity contribution in [3.63, 3.8) is 0 Å². The second kappa shape index (κ2) is 5.24. The minimum Gasteiger partial charge on any atom is -0.373 e. The molecule has 1 aliphatic heterocycles. The van der Waals surface area contributed by atoms with Crippen LogP contribution in [0.4, 0.5) is 5.69 Å². The molecule has 3 nitrogen and oxygen atoms in total. The number of carbonyl (C=O) groups excluding carboxylic acids is 1. The van der Waals surface area contributed by atoms with Crippen LogP contribution in [0.3, 0.4) is 0 Å². The largest absolute Gasteiger partial charge is 0.373 e. The van der Waals surface area contributed by atoms with Crippen molar-refractivity contribution >= 4 is 11.6 Å². The standard InChI is InChI=1S/C16H24N2O/c1-11(2)16(3,4)10-17-15(19)14-9-12-7-5-6-8-13(12)18-14/h5-8,11,14,18H,9-10H2,1-4H3,(H,17,19). The molecular weight excluding hydrogens is 236 g/mol. The Kier molecular flexibility index (Phi) is 3.83. The zero-order valence-electron chi connectivity index (χ0n) is 12.3. The SMILES string of the molecule is CC(C)C(C)(C)CNC(=O)C1Cc2ccccc2N1. The molecule has 0 spiro atoms. The Hall–Kier alpha value is -1.51. The van der Waals surface area contributed by atoms with Crippen molar-refractivity contribution in [2.75, 3.05) is 11.9 Å². The van der Waals surface area contributed by atoms with Gasteiger partial charge in [0.15, 0.2) is 0 Å². The van der Waals surface area contributed by atoms with E-state index in [1.165, 1.54) is 5.56 Å². The topological polar surface area (TPSA) is 41.1 Å². The van der Waals surface area contributed by atoms with Gasteiger partial charge in [0.2, 0.25) is 5.91 Å². The quantitative estimate of drug-likeness (QED) is 0.874. The molecule has 0 radical (unpaired) electrons. The average molecular weight is 260 g/mol. The highest BCUT2D eigenvalue weighted by atomic mass is 16.2. The molecule has 3 heteroatoms. The Balaban J connectivity index is 1.90. The van der Waals surface area contributed by atoms with E-state index in [9.17, 15) is 4.79 Å². The number of hydrogen-bond donors (Lipinski definition) is 2. The molecule has 1 heterocycles. The molecule has 0 saturated heterocycles. The van der Waals surface area contributed by atoms with Gasteiger partial charge >= 0.3 is 0 Å². The maximum Gasteiger partial charge on any atom is 0.242 e. The number of benzene rings is 1. The Morgan fingerprint density at radius 1 is 1.42 bits per heavy atom. The summed E-state index contributed by atoms with van der Waals surface area (Å²) in [6.45, 7) is 9.48. The van der Waals surface area contributed by atoms with E-state index in [4.69, 9.17) is 0 Å². The number of fused-ring (bicyclic) bond motifs is 1. The molecule has 19 heavy (non-hydrogen) atoms. The van der Waals surface area contributed by atoms with Gasteiger partial charge in [-0.3, -0.25) is 4.79 Å². The third kappa shape index (κ3) is 3.09. The van der Waals surface area contributed by atoms with Crippen molar-refractivity contribution in [1.29, 1.82) is 0 Å². The molecule has 0 bridgehead atoms. The molecule has 0 aliphatic carbocycles. The number of hydrogen-bond acceptors (Lipinski definition) is 2. The van der Waals surface area contributed by atoms with Gasteiger partial charge < -0.3 is 10.6 Å². The van der Waals surface area contributed by atoms with Gasteiger partial charge in [0.25, 0.3) is 0 Å². The van der Waals surface area contributed by atoms with Gasteiger partial charge in [-0.2, -0.15) is 0 Å². The number of para-hydroxylation sites is 1. The predicted molar refractivity (Wildman–Crippen MR) is 79.2 cm³/mol. The van der Waals surface area contributed by atoms with Crippen LogP contribution in [0.15, 0.2) is 24.3 Å². The minimum absolute atomic E-state index is 0.102. The first-order chi connectivity index (χ1) is 8.90. The van der Waals surface area contributed by atoms with Crippen LogP contribution in [0.25, 0.3) is 0 Å². The van der Waals surface area contributed by atoms with Crippen LogP contribution in [0.5, 0.6) is 0 Å². The number of amides is 1. The highest BCUT2D eigenvalue weighted by molar-refractivity contribution is 5.87. The van der Waals surface area contributed by atoms with Gasteiger partial charge in [-0.1, -0.05) is 45.9 Å². The summed E-state index contributed by atoms with van der Waals surface area (Å²) in [6.07, 6.45) is 0.782. The van der Waals surface area contributed by atoms with E-state index >= 15 is 0 Å². The molecule has 1 atom stereocenters. The molecule has 1 aliphatic rings. The van der Waals surface area contributed by atoms with Crippen LogP contribution in [-0.2, 0) is 11.2 Å². The fraction of sp³-hybridized carbons (Fsp3) is 0.562. The Morgan fingerprint density at radius 2 is 2.11 bits per heavy atom. The van der Waals surface area contributed by atoms with E-state index in [1.807, 2.05) is 18.2 Å². The van der Waals surface area contributed by atoms with Crippen LogP contribution >= 0.6 is 0 Å². The lowest BCUT2D eigenvalue weighted by Crippen LogP contribution is -2.43. The van der Waals surface area contributed by atoms with E-state index in [0.717, 1.165) is 18.7 Å². The number of rotatable bonds is 4. The molecule has 104 valence electrons. The Morgan fingerprint density at radius 3 is 2.74 bits per heavy atom. The molecule has 1 aromatic rings. The first-order valence-electron chi connectivity index (χ1n) is 7.02. The van der Waals surface area contributed by atoms with E-state index in [0.29, 0.717) is 5.92 Å². The van der Waals surface area contributed by atoms with E-state index in [2.05, 4.69) is 44.4 Å². The zero-order chi connectivity index (χ0) is 14.0. The molecular formula is C16H24N2O. The van der Waals surface area contributed by atoms with Gasteiger partial charge in [-0.15, -0.1) is 0 Å². The lowest BCUT2D eigenvalue weighted by Gasteiger charge is -2.30. The summed E-state index contributed by atoms with van der Waals surface area (Å²) < 4.78 is 0. The summed E-state index contributed by atoms with van der Waals surface area (Å²) in [5.41, 5.74) is 2.44. The predicted octanol–water partition coefficient (Wildman–Crippen LogP) is 2.82. The highest BCUT2D eigenvalue weighted by Crippen LogP contribution is 2.27. The zero-order valence-corrected chi connectivity index (χ0v) is 12.3. The summed E-state index contributed by atoms with van der Waals surface area (Å²) in [4.78, 5) is 12.2. The molecule has 1 unspecified atom stereocenters. The second-order valence-electron chi connectivity index (χ2n) is 6.42. The van der Waals surface area contributed by atoms with Crippen molar-refractivity contribution in [2.24, 2.45) is 11.3 Å². The molecule has 1 amide bonds. The van der Waals surface area contributed by atoms with Crippen LogP contribution in [-0.4, -0.2) is 18.5 Å². The van der Waals surface area contributed by atoms with Crippen molar-refractivity contribution < 1.29 is 4.79 Å². The van der Waals surface area contributed by atoms with Crippen LogP contribution in [0, 0.1) is 11.3 Å². The van der Waals surface area contributed by atoms with Gasteiger partial charge in [0.1, 0.15) is 6.04 Å². The molecule has 0 fully saturated rings. The number of carbonyl (C=O) groups is 1.